The van der Waals surface area contributed by atoms with Gasteiger partial charge >= 0.3 is 0 Å². The van der Waals surface area contributed by atoms with Crippen LogP contribution in [0.4, 0.5) is 10.2 Å². The van der Waals surface area contributed by atoms with Crippen LogP contribution in [0.3, 0.4) is 0 Å². The molecule has 0 spiro atoms. The number of nitrogens with two attached hydrogens (primary N) is 1. The topological polar surface area (TPSA) is 63.8 Å². The number of aryl methyl sites for hydroxylation is 1. The van der Waals surface area contributed by atoms with E-state index in [0.29, 0.717) is 5.82 Å². The maximum atomic E-state index is 13.5. The van der Waals surface area contributed by atoms with Gasteiger partial charge in [0.1, 0.15) is 0 Å². The number of anilines is 1. The average molecular weight is 297 g/mol. The molecule has 1 aromatic carbocycles. The van der Waals surface area contributed by atoms with Crippen LogP contribution in [-0.4, -0.2) is 9.97 Å². The molecule has 0 unspecified atom stereocenters. The monoisotopic (exact) mass is 296 g/mol. The molecular weight excluding hydrogens is 287 g/mol. The molecule has 0 aliphatic carbocycles. The van der Waals surface area contributed by atoms with E-state index in [4.69, 9.17) is 5.84 Å². The molecule has 0 radical (unpaired) electrons. The lowest BCUT2D eigenvalue weighted by atomic mass is 10.2. The van der Waals surface area contributed by atoms with Crippen molar-refractivity contribution in [3.63, 3.8) is 0 Å². The lowest BCUT2D eigenvalue weighted by Gasteiger charge is -2.07. The molecule has 17 heavy (non-hydrogen) atoms. The number of benzene rings is 1. The number of nitrogens with zero attached hydrogens (tertiary/aromatic N) is 2. The maximum absolute atomic E-state index is 13.5. The van der Waals surface area contributed by atoms with Crippen LogP contribution >= 0.6 is 15.9 Å². The Balaban J connectivity index is 2.56. The predicted octanol–water partition coefficient (Wildman–Crippen LogP) is 2.64. The van der Waals surface area contributed by atoms with Crippen molar-refractivity contribution in [2.45, 2.75) is 6.92 Å². The quantitative estimate of drug-likeness (QED) is 0.660. The van der Waals surface area contributed by atoms with Gasteiger partial charge in [0.25, 0.3) is 0 Å². The normalized spacial score (nSPS) is 10.4. The highest BCUT2D eigenvalue weighted by molar-refractivity contribution is 9.10. The van der Waals surface area contributed by atoms with Crippen LogP contribution in [-0.2, 0) is 0 Å². The number of nitrogens with one attached hydrogen (secondary N) is 1. The summed E-state index contributed by atoms with van der Waals surface area (Å²) in [6.45, 7) is 1.57. The molecular formula is C11H10BrFN4. The van der Waals surface area contributed by atoms with E-state index in [2.05, 4.69) is 31.3 Å². The minimum atomic E-state index is -0.536. The summed E-state index contributed by atoms with van der Waals surface area (Å²) in [4.78, 5) is 8.11. The fourth-order valence-electron chi connectivity index (χ4n) is 1.41. The molecule has 2 rings (SSSR count). The zero-order chi connectivity index (χ0) is 12.4. The standard InChI is InChI=1S/C11H10BrFN4/c1-6-9(13)11(17-14)16-10(15-6)7-3-2-4-8(12)5-7/h2-5H,14H2,1H3,(H,15,16,17). The Bertz CT molecular complexity index is 559. The Morgan fingerprint density at radius 3 is 2.76 bits per heavy atom. The molecule has 88 valence electrons. The van der Waals surface area contributed by atoms with E-state index >= 15 is 0 Å². The molecule has 0 aliphatic rings. The van der Waals surface area contributed by atoms with E-state index in [1.54, 1.807) is 6.92 Å². The van der Waals surface area contributed by atoms with Gasteiger partial charge < -0.3 is 5.43 Å². The van der Waals surface area contributed by atoms with E-state index in [1.165, 1.54) is 0 Å². The highest BCUT2D eigenvalue weighted by Gasteiger charge is 2.11. The highest BCUT2D eigenvalue weighted by atomic mass is 79.9. The van der Waals surface area contributed by atoms with Crippen LogP contribution in [0.1, 0.15) is 5.69 Å². The third-order valence-electron chi connectivity index (χ3n) is 2.24. The van der Waals surface area contributed by atoms with Gasteiger partial charge in [0.2, 0.25) is 0 Å². The molecule has 4 nitrogen and oxygen atoms in total. The number of hydrogen-bond acceptors (Lipinski definition) is 4. The minimum Gasteiger partial charge on any atom is -0.306 e. The van der Waals surface area contributed by atoms with Gasteiger partial charge in [-0.1, -0.05) is 28.1 Å². The minimum absolute atomic E-state index is 0.00697. The Morgan fingerprint density at radius 1 is 1.35 bits per heavy atom. The van der Waals surface area contributed by atoms with Crippen LogP contribution in [0.2, 0.25) is 0 Å². The largest absolute Gasteiger partial charge is 0.306 e. The first kappa shape index (κ1) is 11.9. The molecule has 3 N–H and O–H groups in total. The van der Waals surface area contributed by atoms with E-state index in [9.17, 15) is 4.39 Å². The molecule has 0 aliphatic heterocycles. The SMILES string of the molecule is Cc1nc(-c2cccc(Br)c2)nc(NN)c1F. The molecule has 0 amide bonds. The fourth-order valence-corrected chi connectivity index (χ4v) is 1.81. The van der Waals surface area contributed by atoms with Crippen molar-refractivity contribution < 1.29 is 4.39 Å². The van der Waals surface area contributed by atoms with Gasteiger partial charge in [0, 0.05) is 10.0 Å². The highest BCUT2D eigenvalue weighted by Crippen LogP contribution is 2.23. The second-order valence-electron chi connectivity index (χ2n) is 3.45. The molecule has 0 saturated heterocycles. The summed E-state index contributed by atoms with van der Waals surface area (Å²) in [7, 11) is 0. The van der Waals surface area contributed by atoms with Crippen molar-refractivity contribution in [2.24, 2.45) is 5.84 Å². The Labute approximate surface area is 106 Å². The van der Waals surface area contributed by atoms with Crippen molar-refractivity contribution in [3.05, 3.63) is 40.2 Å². The van der Waals surface area contributed by atoms with Gasteiger partial charge in [-0.2, -0.15) is 0 Å². The molecule has 0 atom stereocenters. The first-order chi connectivity index (χ1) is 8.11. The predicted molar refractivity (Wildman–Crippen MR) is 67.7 cm³/mol. The lowest BCUT2D eigenvalue weighted by molar-refractivity contribution is 0.606. The third-order valence-corrected chi connectivity index (χ3v) is 2.73. The van der Waals surface area contributed by atoms with Crippen molar-refractivity contribution in [1.82, 2.24) is 9.97 Å². The van der Waals surface area contributed by atoms with Gasteiger partial charge in [-0.25, -0.2) is 20.2 Å². The molecule has 1 aromatic heterocycles. The number of aromatic nitrogens is 2. The Kier molecular flexibility index (Phi) is 3.35. The summed E-state index contributed by atoms with van der Waals surface area (Å²) < 4.78 is 14.4. The van der Waals surface area contributed by atoms with Crippen molar-refractivity contribution in [1.29, 1.82) is 0 Å². The molecule has 0 saturated carbocycles. The number of halogens is 2. The number of hydrazine groups is 1. The first-order valence-electron chi connectivity index (χ1n) is 4.88. The fraction of sp³-hybridized carbons (Fsp3) is 0.0909. The zero-order valence-electron chi connectivity index (χ0n) is 9.04. The van der Waals surface area contributed by atoms with E-state index in [0.717, 1.165) is 10.0 Å². The first-order valence-corrected chi connectivity index (χ1v) is 5.68. The van der Waals surface area contributed by atoms with Crippen LogP contribution in [0.15, 0.2) is 28.7 Å². The maximum Gasteiger partial charge on any atom is 0.187 e. The molecule has 0 fully saturated rings. The van der Waals surface area contributed by atoms with E-state index in [1.807, 2.05) is 24.3 Å². The van der Waals surface area contributed by atoms with Crippen molar-refractivity contribution in [2.75, 3.05) is 5.43 Å². The van der Waals surface area contributed by atoms with Crippen molar-refractivity contribution in [3.8, 4) is 11.4 Å². The lowest BCUT2D eigenvalue weighted by Crippen LogP contribution is -2.13. The van der Waals surface area contributed by atoms with Crippen LogP contribution in [0.5, 0.6) is 0 Å². The summed E-state index contributed by atoms with van der Waals surface area (Å²) in [6, 6.07) is 7.45. The Hall–Kier alpha value is -1.53. The smallest absolute Gasteiger partial charge is 0.187 e. The van der Waals surface area contributed by atoms with Crippen molar-refractivity contribution >= 4 is 21.7 Å². The Morgan fingerprint density at radius 2 is 2.12 bits per heavy atom. The summed E-state index contributed by atoms with van der Waals surface area (Å²) >= 11 is 3.36. The number of nitrogen functional groups attached to an aromatic ring is 1. The zero-order valence-corrected chi connectivity index (χ0v) is 10.6. The van der Waals surface area contributed by atoms with E-state index in [-0.39, 0.29) is 11.5 Å². The number of rotatable bonds is 2. The van der Waals surface area contributed by atoms with Crippen LogP contribution in [0, 0.1) is 12.7 Å². The second kappa shape index (κ2) is 4.77. The summed E-state index contributed by atoms with van der Waals surface area (Å²) in [6.07, 6.45) is 0. The van der Waals surface area contributed by atoms with E-state index < -0.39 is 5.82 Å². The van der Waals surface area contributed by atoms with Crippen LogP contribution < -0.4 is 11.3 Å². The van der Waals surface area contributed by atoms with Crippen LogP contribution in [0.25, 0.3) is 11.4 Å². The van der Waals surface area contributed by atoms with Gasteiger partial charge in [-0.05, 0) is 19.1 Å². The number of hydrogen-bond donors (Lipinski definition) is 2. The molecule has 6 heteroatoms. The summed E-state index contributed by atoms with van der Waals surface area (Å²) in [5.74, 6) is 5.09. The van der Waals surface area contributed by atoms with Gasteiger partial charge in [-0.3, -0.25) is 0 Å². The third kappa shape index (κ3) is 2.42. The average Bonchev–Trinajstić information content (AvgIpc) is 2.32. The summed E-state index contributed by atoms with van der Waals surface area (Å²) in [5.41, 5.74) is 3.27. The second-order valence-corrected chi connectivity index (χ2v) is 4.37. The van der Waals surface area contributed by atoms with Gasteiger partial charge in [0.05, 0.1) is 5.69 Å². The molecule has 0 bridgehead atoms. The summed E-state index contributed by atoms with van der Waals surface area (Å²) in [5, 5.41) is 0. The van der Waals surface area contributed by atoms with Gasteiger partial charge in [-0.15, -0.1) is 0 Å². The molecule has 2 aromatic rings. The van der Waals surface area contributed by atoms with Gasteiger partial charge in [0.15, 0.2) is 17.5 Å². The molecule has 1 heterocycles.